The Morgan fingerprint density at radius 1 is 1.14 bits per heavy atom. The van der Waals surface area contributed by atoms with Crippen molar-refractivity contribution >= 4 is 5.82 Å². The first kappa shape index (κ1) is 14.9. The van der Waals surface area contributed by atoms with Crippen LogP contribution in [0.3, 0.4) is 0 Å². The second-order valence-corrected chi connectivity index (χ2v) is 5.86. The van der Waals surface area contributed by atoms with E-state index in [1.165, 1.54) is 0 Å². The maximum Gasteiger partial charge on any atom is 0.127 e. The van der Waals surface area contributed by atoms with E-state index in [1.807, 2.05) is 30.3 Å². The molecule has 0 aliphatic carbocycles. The summed E-state index contributed by atoms with van der Waals surface area (Å²) in [6.07, 6.45) is 4.93. The van der Waals surface area contributed by atoms with Gasteiger partial charge in [0.1, 0.15) is 5.82 Å². The number of anilines is 1. The van der Waals surface area contributed by atoms with Gasteiger partial charge < -0.3 is 10.8 Å². The number of pyridine rings is 2. The van der Waals surface area contributed by atoms with E-state index in [4.69, 9.17) is 5.73 Å². The number of nitrogens with zero attached hydrogens (tertiary/aromatic N) is 3. The first-order valence-corrected chi connectivity index (χ1v) is 7.75. The minimum absolute atomic E-state index is 0.275. The smallest absolute Gasteiger partial charge is 0.127 e. The van der Waals surface area contributed by atoms with Crippen LogP contribution in [0.2, 0.25) is 0 Å². The van der Waals surface area contributed by atoms with Gasteiger partial charge in [-0.2, -0.15) is 0 Å². The SMILES string of the molecule is Nc1ncccc1CN1CCC([C@H](O)c2ccccn2)CC1. The van der Waals surface area contributed by atoms with Gasteiger partial charge >= 0.3 is 0 Å². The van der Waals surface area contributed by atoms with Crippen molar-refractivity contribution in [2.24, 2.45) is 5.92 Å². The molecule has 5 nitrogen and oxygen atoms in total. The van der Waals surface area contributed by atoms with Crippen LogP contribution in [0, 0.1) is 5.92 Å². The fourth-order valence-corrected chi connectivity index (χ4v) is 3.04. The summed E-state index contributed by atoms with van der Waals surface area (Å²) in [5, 5.41) is 10.5. The summed E-state index contributed by atoms with van der Waals surface area (Å²) in [7, 11) is 0. The minimum atomic E-state index is -0.466. The van der Waals surface area contributed by atoms with Crippen molar-refractivity contribution in [3.8, 4) is 0 Å². The lowest BCUT2D eigenvalue weighted by atomic mass is 9.89. The molecule has 0 radical (unpaired) electrons. The molecule has 0 aromatic carbocycles. The number of piperidine rings is 1. The zero-order valence-corrected chi connectivity index (χ0v) is 12.6. The molecular formula is C17H22N4O. The van der Waals surface area contributed by atoms with Crippen LogP contribution in [0.5, 0.6) is 0 Å². The average Bonchev–Trinajstić information content (AvgIpc) is 2.58. The van der Waals surface area contributed by atoms with E-state index in [2.05, 4.69) is 14.9 Å². The fraction of sp³-hybridized carbons (Fsp3) is 0.412. The Bertz CT molecular complexity index is 597. The second kappa shape index (κ2) is 6.85. The van der Waals surface area contributed by atoms with Crippen LogP contribution < -0.4 is 5.73 Å². The van der Waals surface area contributed by atoms with E-state index >= 15 is 0 Å². The number of aliphatic hydroxyl groups is 1. The van der Waals surface area contributed by atoms with Crippen molar-refractivity contribution in [3.05, 3.63) is 54.0 Å². The summed E-state index contributed by atoms with van der Waals surface area (Å²) >= 11 is 0. The lowest BCUT2D eigenvalue weighted by molar-refractivity contribution is 0.0540. The molecule has 0 saturated carbocycles. The minimum Gasteiger partial charge on any atom is -0.387 e. The van der Waals surface area contributed by atoms with Gasteiger partial charge in [-0.1, -0.05) is 12.1 Å². The molecule has 5 heteroatoms. The predicted molar refractivity (Wildman–Crippen MR) is 85.8 cm³/mol. The third-order valence-electron chi connectivity index (χ3n) is 4.39. The van der Waals surface area contributed by atoms with Crippen molar-refractivity contribution < 1.29 is 5.11 Å². The van der Waals surface area contributed by atoms with Crippen LogP contribution in [-0.2, 0) is 6.54 Å². The molecule has 116 valence electrons. The van der Waals surface area contributed by atoms with Gasteiger partial charge in [0.05, 0.1) is 11.8 Å². The normalized spacial score (nSPS) is 18.2. The van der Waals surface area contributed by atoms with Gasteiger partial charge in [-0.25, -0.2) is 4.98 Å². The summed E-state index contributed by atoms with van der Waals surface area (Å²) in [5.74, 6) is 0.885. The van der Waals surface area contributed by atoms with Crippen molar-refractivity contribution in [1.82, 2.24) is 14.9 Å². The molecule has 1 saturated heterocycles. The third kappa shape index (κ3) is 3.43. The van der Waals surface area contributed by atoms with Crippen molar-refractivity contribution in [2.45, 2.75) is 25.5 Å². The lowest BCUT2D eigenvalue weighted by Gasteiger charge is -2.34. The Kier molecular flexibility index (Phi) is 4.65. The van der Waals surface area contributed by atoms with Crippen LogP contribution in [0.1, 0.15) is 30.2 Å². The summed E-state index contributed by atoms with van der Waals surface area (Å²) in [4.78, 5) is 10.8. The van der Waals surface area contributed by atoms with Gasteiger partial charge in [-0.05, 0) is 50.0 Å². The van der Waals surface area contributed by atoms with Gasteiger partial charge in [0, 0.05) is 24.5 Å². The molecule has 0 spiro atoms. The highest BCUT2D eigenvalue weighted by atomic mass is 16.3. The van der Waals surface area contributed by atoms with Crippen LogP contribution in [0.4, 0.5) is 5.82 Å². The van der Waals surface area contributed by atoms with Gasteiger partial charge in [0.15, 0.2) is 0 Å². The Morgan fingerprint density at radius 3 is 2.59 bits per heavy atom. The van der Waals surface area contributed by atoms with Gasteiger partial charge in [-0.3, -0.25) is 9.88 Å². The number of hydrogen-bond acceptors (Lipinski definition) is 5. The van der Waals surface area contributed by atoms with Crippen LogP contribution in [0.15, 0.2) is 42.7 Å². The molecule has 1 aliphatic rings. The highest BCUT2D eigenvalue weighted by molar-refractivity contribution is 5.38. The molecule has 1 fully saturated rings. The van der Waals surface area contributed by atoms with E-state index in [0.717, 1.165) is 43.7 Å². The molecule has 1 aliphatic heterocycles. The average molecular weight is 298 g/mol. The highest BCUT2D eigenvalue weighted by Gasteiger charge is 2.27. The summed E-state index contributed by atoms with van der Waals surface area (Å²) in [6.45, 7) is 2.75. The Balaban J connectivity index is 1.55. The van der Waals surface area contributed by atoms with Crippen LogP contribution in [0.25, 0.3) is 0 Å². The summed E-state index contributed by atoms with van der Waals surface area (Å²) in [5.41, 5.74) is 7.75. The topological polar surface area (TPSA) is 75.3 Å². The maximum atomic E-state index is 10.5. The number of likely N-dealkylation sites (tertiary alicyclic amines) is 1. The maximum absolute atomic E-state index is 10.5. The number of rotatable bonds is 4. The fourth-order valence-electron chi connectivity index (χ4n) is 3.04. The zero-order valence-electron chi connectivity index (χ0n) is 12.6. The molecule has 3 N–H and O–H groups in total. The largest absolute Gasteiger partial charge is 0.387 e. The van der Waals surface area contributed by atoms with Crippen LogP contribution in [-0.4, -0.2) is 33.1 Å². The molecule has 2 aromatic heterocycles. The molecule has 3 rings (SSSR count). The first-order valence-electron chi connectivity index (χ1n) is 7.75. The molecular weight excluding hydrogens is 276 g/mol. The highest BCUT2D eigenvalue weighted by Crippen LogP contribution is 2.30. The van der Waals surface area contributed by atoms with Gasteiger partial charge in [0.25, 0.3) is 0 Å². The molecule has 0 amide bonds. The number of nitrogens with two attached hydrogens (primary N) is 1. The molecule has 1 atom stereocenters. The Morgan fingerprint density at radius 2 is 1.91 bits per heavy atom. The molecule has 0 unspecified atom stereocenters. The Labute approximate surface area is 130 Å². The molecule has 22 heavy (non-hydrogen) atoms. The molecule has 0 bridgehead atoms. The number of hydrogen-bond donors (Lipinski definition) is 2. The molecule has 3 heterocycles. The van der Waals surface area contributed by atoms with Crippen molar-refractivity contribution in [3.63, 3.8) is 0 Å². The van der Waals surface area contributed by atoms with E-state index in [9.17, 15) is 5.11 Å². The van der Waals surface area contributed by atoms with E-state index in [0.29, 0.717) is 5.82 Å². The number of nitrogen functional groups attached to an aromatic ring is 1. The molecule has 2 aromatic rings. The summed E-state index contributed by atoms with van der Waals surface area (Å²) < 4.78 is 0. The summed E-state index contributed by atoms with van der Waals surface area (Å²) in [6, 6.07) is 9.64. The van der Waals surface area contributed by atoms with Crippen molar-refractivity contribution in [2.75, 3.05) is 18.8 Å². The predicted octanol–water partition coefficient (Wildman–Crippen LogP) is 2.00. The standard InChI is InChI=1S/C17H22N4O/c18-17-14(4-3-9-20-17)12-21-10-6-13(7-11-21)16(22)15-5-1-2-8-19-15/h1-5,8-9,13,16,22H,6-7,10-12H2,(H2,18,20)/t16-/m0/s1. The van der Waals surface area contributed by atoms with E-state index < -0.39 is 6.10 Å². The van der Waals surface area contributed by atoms with Gasteiger partial charge in [-0.15, -0.1) is 0 Å². The zero-order chi connectivity index (χ0) is 15.4. The van der Waals surface area contributed by atoms with Gasteiger partial charge in [0.2, 0.25) is 0 Å². The van der Waals surface area contributed by atoms with E-state index in [1.54, 1.807) is 12.4 Å². The lowest BCUT2D eigenvalue weighted by Crippen LogP contribution is -2.35. The van der Waals surface area contributed by atoms with Crippen LogP contribution >= 0.6 is 0 Å². The number of aromatic nitrogens is 2. The quantitative estimate of drug-likeness (QED) is 0.903. The monoisotopic (exact) mass is 298 g/mol. The van der Waals surface area contributed by atoms with Crippen molar-refractivity contribution in [1.29, 1.82) is 0 Å². The first-order chi connectivity index (χ1) is 10.7. The second-order valence-electron chi connectivity index (χ2n) is 5.86. The van der Waals surface area contributed by atoms with E-state index in [-0.39, 0.29) is 5.92 Å². The number of aliphatic hydroxyl groups excluding tert-OH is 1. The third-order valence-corrected chi connectivity index (χ3v) is 4.39. The Hall–Kier alpha value is -1.98.